The van der Waals surface area contributed by atoms with Gasteiger partial charge in [0.2, 0.25) is 10.0 Å². The van der Waals surface area contributed by atoms with Crippen LogP contribution in [0.4, 0.5) is 0 Å². The fourth-order valence-electron chi connectivity index (χ4n) is 2.97. The molecule has 0 aliphatic carbocycles. The lowest BCUT2D eigenvalue weighted by atomic mass is 10.0. The highest BCUT2D eigenvalue weighted by molar-refractivity contribution is 7.89. The number of rotatable bonds is 6. The average Bonchev–Trinajstić information content (AvgIpc) is 2.88. The van der Waals surface area contributed by atoms with Crippen molar-refractivity contribution in [3.05, 3.63) is 29.8 Å². The monoisotopic (exact) mass is 346 g/mol. The molecule has 1 fully saturated rings. The molecule has 1 atom stereocenters. The van der Waals surface area contributed by atoms with E-state index in [1.807, 2.05) is 19.2 Å². The summed E-state index contributed by atoms with van der Waals surface area (Å²) in [4.78, 5) is 0.415. The van der Waals surface area contributed by atoms with E-state index in [1.165, 1.54) is 5.56 Å². The molecule has 0 aromatic heterocycles. The number of nitrogens with one attached hydrogen (secondary N) is 1. The maximum Gasteiger partial charge on any atom is 0.243 e. The Morgan fingerprint density at radius 1 is 1.27 bits per heavy atom. The van der Waals surface area contributed by atoms with E-state index < -0.39 is 10.0 Å². The van der Waals surface area contributed by atoms with E-state index in [0.717, 1.165) is 19.3 Å². The molecule has 0 amide bonds. The van der Waals surface area contributed by atoms with Gasteiger partial charge in [-0.2, -0.15) is 4.31 Å². The van der Waals surface area contributed by atoms with Crippen LogP contribution in [0, 0.1) is 5.92 Å². The predicted molar refractivity (Wildman–Crippen MR) is 93.1 cm³/mol. The van der Waals surface area contributed by atoms with Crippen molar-refractivity contribution in [3.63, 3.8) is 0 Å². The summed E-state index contributed by atoms with van der Waals surface area (Å²) in [5.41, 5.74) is 1.19. The number of halogens is 1. The van der Waals surface area contributed by atoms with Crippen LogP contribution in [0.3, 0.4) is 0 Å². The minimum Gasteiger partial charge on any atom is -0.318 e. The molecule has 1 aromatic carbocycles. The molecule has 0 saturated carbocycles. The van der Waals surface area contributed by atoms with E-state index in [1.54, 1.807) is 16.4 Å². The first-order chi connectivity index (χ1) is 9.95. The molecule has 0 spiro atoms. The number of nitrogens with zero attached hydrogens (tertiary/aromatic N) is 1. The van der Waals surface area contributed by atoms with Crippen LogP contribution < -0.4 is 5.32 Å². The lowest BCUT2D eigenvalue weighted by molar-refractivity contribution is 0.379. The molecule has 0 radical (unpaired) electrons. The van der Waals surface area contributed by atoms with Gasteiger partial charge in [0.15, 0.2) is 0 Å². The van der Waals surface area contributed by atoms with Crippen molar-refractivity contribution in [3.8, 4) is 0 Å². The molecule has 1 N–H and O–H groups in total. The molecular weight excluding hydrogens is 320 g/mol. The van der Waals surface area contributed by atoms with E-state index in [-0.39, 0.29) is 18.4 Å². The molecule has 2 rings (SSSR count). The van der Waals surface area contributed by atoms with Crippen molar-refractivity contribution in [1.29, 1.82) is 0 Å². The topological polar surface area (TPSA) is 49.4 Å². The smallest absolute Gasteiger partial charge is 0.243 e. The highest BCUT2D eigenvalue weighted by atomic mass is 35.5. The average molecular weight is 347 g/mol. The van der Waals surface area contributed by atoms with Crippen molar-refractivity contribution in [2.75, 3.05) is 20.1 Å². The van der Waals surface area contributed by atoms with Crippen LogP contribution in [0.25, 0.3) is 0 Å². The van der Waals surface area contributed by atoms with Crippen molar-refractivity contribution in [1.82, 2.24) is 9.62 Å². The van der Waals surface area contributed by atoms with E-state index >= 15 is 0 Å². The Morgan fingerprint density at radius 2 is 1.91 bits per heavy atom. The molecule has 1 saturated heterocycles. The van der Waals surface area contributed by atoms with Gasteiger partial charge in [0.1, 0.15) is 0 Å². The molecule has 4 nitrogen and oxygen atoms in total. The van der Waals surface area contributed by atoms with Crippen LogP contribution in [0.15, 0.2) is 29.2 Å². The molecule has 22 heavy (non-hydrogen) atoms. The Kier molecular flexibility index (Phi) is 7.32. The van der Waals surface area contributed by atoms with Gasteiger partial charge < -0.3 is 5.32 Å². The highest BCUT2D eigenvalue weighted by Crippen LogP contribution is 2.26. The van der Waals surface area contributed by atoms with Crippen molar-refractivity contribution >= 4 is 22.4 Å². The SMILES string of the molecule is CNCC1CCCN1S(=O)(=O)c1ccc(CC(C)C)cc1.Cl. The Hall–Kier alpha value is -0.620. The van der Waals surface area contributed by atoms with E-state index in [9.17, 15) is 8.42 Å². The van der Waals surface area contributed by atoms with E-state index in [4.69, 9.17) is 0 Å². The maximum absolute atomic E-state index is 12.8. The number of hydrogen-bond donors (Lipinski definition) is 1. The van der Waals surface area contributed by atoms with Gasteiger partial charge in [-0.05, 0) is 49.9 Å². The zero-order valence-corrected chi connectivity index (χ0v) is 15.2. The van der Waals surface area contributed by atoms with Gasteiger partial charge in [-0.15, -0.1) is 12.4 Å². The fourth-order valence-corrected chi connectivity index (χ4v) is 4.66. The van der Waals surface area contributed by atoms with E-state index in [2.05, 4.69) is 19.2 Å². The third kappa shape index (κ3) is 4.44. The van der Waals surface area contributed by atoms with Gasteiger partial charge in [-0.1, -0.05) is 26.0 Å². The minimum atomic E-state index is -3.36. The summed E-state index contributed by atoms with van der Waals surface area (Å²) in [6, 6.07) is 7.46. The molecular formula is C16H27ClN2O2S. The van der Waals surface area contributed by atoms with E-state index in [0.29, 0.717) is 23.9 Å². The van der Waals surface area contributed by atoms with Crippen LogP contribution in [-0.2, 0) is 16.4 Å². The number of sulfonamides is 1. The van der Waals surface area contributed by atoms with Gasteiger partial charge in [0.05, 0.1) is 4.90 Å². The highest BCUT2D eigenvalue weighted by Gasteiger charge is 2.34. The van der Waals surface area contributed by atoms with Crippen LogP contribution in [0.1, 0.15) is 32.3 Å². The zero-order valence-electron chi connectivity index (χ0n) is 13.6. The second kappa shape index (κ2) is 8.29. The second-order valence-electron chi connectivity index (χ2n) is 6.21. The molecule has 1 aliphatic heterocycles. The third-order valence-corrected chi connectivity index (χ3v) is 5.90. The molecule has 6 heteroatoms. The quantitative estimate of drug-likeness (QED) is 0.861. The van der Waals surface area contributed by atoms with Gasteiger partial charge >= 0.3 is 0 Å². The largest absolute Gasteiger partial charge is 0.318 e. The summed E-state index contributed by atoms with van der Waals surface area (Å²) in [5, 5.41) is 3.09. The Morgan fingerprint density at radius 3 is 2.45 bits per heavy atom. The summed E-state index contributed by atoms with van der Waals surface area (Å²) in [7, 11) is -1.50. The Bertz CT molecular complexity index is 558. The number of benzene rings is 1. The molecule has 1 heterocycles. The summed E-state index contributed by atoms with van der Waals surface area (Å²) >= 11 is 0. The predicted octanol–water partition coefficient (Wildman–Crippen LogP) is 2.68. The van der Waals surface area contributed by atoms with Crippen LogP contribution in [-0.4, -0.2) is 38.9 Å². The Balaban J connectivity index is 0.00000242. The number of hydrogen-bond acceptors (Lipinski definition) is 3. The van der Waals surface area contributed by atoms with Gasteiger partial charge in [0.25, 0.3) is 0 Å². The van der Waals surface area contributed by atoms with Crippen LogP contribution in [0.5, 0.6) is 0 Å². The van der Waals surface area contributed by atoms with Gasteiger partial charge in [0, 0.05) is 19.1 Å². The summed E-state index contributed by atoms with van der Waals surface area (Å²) < 4.78 is 27.2. The third-order valence-electron chi connectivity index (χ3n) is 3.94. The lowest BCUT2D eigenvalue weighted by Crippen LogP contribution is -2.40. The summed E-state index contributed by atoms with van der Waals surface area (Å²) in [6.07, 6.45) is 2.86. The van der Waals surface area contributed by atoms with Gasteiger partial charge in [-0.3, -0.25) is 0 Å². The molecule has 126 valence electrons. The van der Waals surface area contributed by atoms with Crippen LogP contribution in [0.2, 0.25) is 0 Å². The van der Waals surface area contributed by atoms with Crippen molar-refractivity contribution < 1.29 is 8.42 Å². The van der Waals surface area contributed by atoms with Crippen LogP contribution >= 0.6 is 12.4 Å². The van der Waals surface area contributed by atoms with Crippen molar-refractivity contribution in [2.24, 2.45) is 5.92 Å². The maximum atomic E-state index is 12.8. The number of likely N-dealkylation sites (N-methyl/N-ethyl adjacent to an activating group) is 1. The fraction of sp³-hybridized carbons (Fsp3) is 0.625. The molecule has 0 bridgehead atoms. The lowest BCUT2D eigenvalue weighted by Gasteiger charge is -2.24. The zero-order chi connectivity index (χ0) is 15.5. The summed E-state index contributed by atoms with van der Waals surface area (Å²) in [5.74, 6) is 0.575. The first-order valence-corrected chi connectivity index (χ1v) is 9.14. The normalized spacial score (nSPS) is 19.4. The Labute approximate surface area is 140 Å². The molecule has 1 unspecified atom stereocenters. The van der Waals surface area contributed by atoms with Gasteiger partial charge in [-0.25, -0.2) is 8.42 Å². The van der Waals surface area contributed by atoms with Crippen molar-refractivity contribution in [2.45, 2.75) is 44.0 Å². The first-order valence-electron chi connectivity index (χ1n) is 7.70. The minimum absolute atomic E-state index is 0. The summed E-state index contributed by atoms with van der Waals surface area (Å²) in [6.45, 7) is 5.67. The second-order valence-corrected chi connectivity index (χ2v) is 8.10. The molecule has 1 aliphatic rings. The standard InChI is InChI=1S/C16H26N2O2S.ClH/c1-13(2)11-14-6-8-16(9-7-14)21(19,20)18-10-4-5-15(18)12-17-3;/h6-9,13,15,17H,4-5,10-12H2,1-3H3;1H. The molecule has 1 aromatic rings. The first kappa shape index (κ1) is 19.4.